The number of carbonyl (C=O) groups excluding carboxylic acids is 2. The van der Waals surface area contributed by atoms with Gasteiger partial charge in [-0.1, -0.05) is 20.8 Å². The highest BCUT2D eigenvalue weighted by Crippen LogP contribution is 2.23. The van der Waals surface area contributed by atoms with Gasteiger partial charge < -0.3 is 16.0 Å². The van der Waals surface area contributed by atoms with Crippen LogP contribution in [0.25, 0.3) is 0 Å². The van der Waals surface area contributed by atoms with Crippen LogP contribution in [0.4, 0.5) is 0 Å². The highest BCUT2D eigenvalue weighted by Gasteiger charge is 2.41. The normalized spacial score (nSPS) is 21.4. The first-order chi connectivity index (χ1) is 8.06. The first kappa shape index (κ1) is 15.0. The maximum absolute atomic E-state index is 12.3. The Labute approximate surface area is 109 Å². The second kappa shape index (κ2) is 4.88. The van der Waals surface area contributed by atoms with Crippen molar-refractivity contribution in [1.82, 2.24) is 10.2 Å². The van der Waals surface area contributed by atoms with Crippen LogP contribution in [0.5, 0.6) is 0 Å². The van der Waals surface area contributed by atoms with E-state index in [2.05, 4.69) is 5.32 Å². The van der Waals surface area contributed by atoms with Crippen molar-refractivity contribution in [2.75, 3.05) is 13.1 Å². The first-order valence-corrected chi connectivity index (χ1v) is 6.41. The van der Waals surface area contributed by atoms with Gasteiger partial charge >= 0.3 is 0 Å². The minimum atomic E-state index is -0.785. The second-order valence-electron chi connectivity index (χ2n) is 6.54. The Morgan fingerprint density at radius 2 is 2.06 bits per heavy atom. The van der Waals surface area contributed by atoms with Crippen LogP contribution in [0.3, 0.4) is 0 Å². The summed E-state index contributed by atoms with van der Waals surface area (Å²) in [5.74, 6) is -0.149. The van der Waals surface area contributed by atoms with Crippen molar-refractivity contribution < 1.29 is 9.59 Å². The van der Waals surface area contributed by atoms with Gasteiger partial charge in [0.15, 0.2) is 0 Å². The van der Waals surface area contributed by atoms with E-state index in [9.17, 15) is 9.59 Å². The van der Waals surface area contributed by atoms with Crippen LogP contribution in [0.15, 0.2) is 0 Å². The molecule has 1 fully saturated rings. The van der Waals surface area contributed by atoms with Crippen LogP contribution in [0, 0.1) is 5.41 Å². The predicted octanol–water partition coefficient (Wildman–Crippen LogP) is 0.487. The summed E-state index contributed by atoms with van der Waals surface area (Å²) in [6, 6.07) is -0.203. The van der Waals surface area contributed by atoms with Crippen molar-refractivity contribution >= 4 is 11.8 Å². The van der Waals surface area contributed by atoms with Gasteiger partial charge in [-0.3, -0.25) is 9.59 Å². The Morgan fingerprint density at radius 3 is 2.56 bits per heavy atom. The smallest absolute Gasteiger partial charge is 0.245 e. The molecule has 3 N–H and O–H groups in total. The van der Waals surface area contributed by atoms with E-state index in [0.29, 0.717) is 13.1 Å². The topological polar surface area (TPSA) is 75.4 Å². The molecule has 0 saturated carbocycles. The monoisotopic (exact) mass is 255 g/mol. The number of hydrogen-bond acceptors (Lipinski definition) is 3. The lowest BCUT2D eigenvalue weighted by Crippen LogP contribution is -2.64. The van der Waals surface area contributed by atoms with Crippen molar-refractivity contribution in [2.24, 2.45) is 11.1 Å². The summed E-state index contributed by atoms with van der Waals surface area (Å²) in [4.78, 5) is 25.7. The molecule has 0 aromatic heterocycles. The Bertz CT molecular complexity index is 345. The molecule has 2 amide bonds. The summed E-state index contributed by atoms with van der Waals surface area (Å²) in [5, 5.41) is 2.78. The average Bonchev–Trinajstić information content (AvgIpc) is 2.20. The summed E-state index contributed by atoms with van der Waals surface area (Å²) < 4.78 is 0. The molecule has 0 aromatic carbocycles. The molecule has 1 aliphatic heterocycles. The molecule has 5 nitrogen and oxygen atoms in total. The van der Waals surface area contributed by atoms with Gasteiger partial charge in [0.2, 0.25) is 11.8 Å². The molecule has 1 rings (SSSR count). The lowest BCUT2D eigenvalue weighted by molar-refractivity contribution is -0.149. The minimum Gasteiger partial charge on any atom is -0.352 e. The maximum atomic E-state index is 12.3. The fourth-order valence-corrected chi connectivity index (χ4v) is 1.94. The van der Waals surface area contributed by atoms with E-state index in [1.54, 1.807) is 18.7 Å². The molecule has 0 radical (unpaired) electrons. The van der Waals surface area contributed by atoms with Crippen LogP contribution in [-0.4, -0.2) is 41.4 Å². The highest BCUT2D eigenvalue weighted by atomic mass is 16.2. The number of nitrogens with two attached hydrogens (primary N) is 1. The van der Waals surface area contributed by atoms with E-state index in [1.165, 1.54) is 0 Å². The molecule has 0 aromatic rings. The standard InChI is InChI=1S/C13H25N3O2/c1-12(2,3)9(14)8-10(17)16-7-6-15-11(18)13(16,4)5/h9H,6-8,14H2,1-5H3,(H,15,18). The molecule has 1 unspecified atom stereocenters. The summed E-state index contributed by atoms with van der Waals surface area (Å²) >= 11 is 0. The van der Waals surface area contributed by atoms with E-state index >= 15 is 0 Å². The van der Waals surface area contributed by atoms with Crippen molar-refractivity contribution in [3.05, 3.63) is 0 Å². The molecule has 1 atom stereocenters. The fraction of sp³-hybridized carbons (Fsp3) is 0.846. The molecule has 0 spiro atoms. The molecule has 18 heavy (non-hydrogen) atoms. The Kier molecular flexibility index (Phi) is 4.05. The van der Waals surface area contributed by atoms with Gasteiger partial charge in [0.25, 0.3) is 0 Å². The van der Waals surface area contributed by atoms with Crippen molar-refractivity contribution in [1.29, 1.82) is 0 Å². The SMILES string of the molecule is CC(C)(C)C(N)CC(=O)N1CCNC(=O)C1(C)C. The van der Waals surface area contributed by atoms with Crippen LogP contribution >= 0.6 is 0 Å². The van der Waals surface area contributed by atoms with Gasteiger partial charge in [-0.15, -0.1) is 0 Å². The van der Waals surface area contributed by atoms with E-state index < -0.39 is 5.54 Å². The van der Waals surface area contributed by atoms with Crippen molar-refractivity contribution in [3.63, 3.8) is 0 Å². The van der Waals surface area contributed by atoms with Gasteiger partial charge in [0.05, 0.1) is 0 Å². The zero-order valence-corrected chi connectivity index (χ0v) is 12.0. The molecule has 104 valence electrons. The number of rotatable bonds is 2. The number of nitrogens with one attached hydrogen (secondary N) is 1. The molecule has 0 aliphatic carbocycles. The van der Waals surface area contributed by atoms with Gasteiger partial charge in [0, 0.05) is 25.6 Å². The second-order valence-corrected chi connectivity index (χ2v) is 6.54. The third kappa shape index (κ3) is 3.02. The number of amides is 2. The van der Waals surface area contributed by atoms with Crippen molar-refractivity contribution in [2.45, 2.75) is 52.6 Å². The molecular weight excluding hydrogens is 230 g/mol. The van der Waals surface area contributed by atoms with Gasteiger partial charge in [0.1, 0.15) is 5.54 Å². The third-order valence-corrected chi connectivity index (χ3v) is 3.66. The first-order valence-electron chi connectivity index (χ1n) is 6.41. The molecule has 5 heteroatoms. The van der Waals surface area contributed by atoms with Crippen LogP contribution in [0.1, 0.15) is 41.0 Å². The maximum Gasteiger partial charge on any atom is 0.245 e. The number of hydrogen-bond donors (Lipinski definition) is 2. The van der Waals surface area contributed by atoms with E-state index in [-0.39, 0.29) is 29.7 Å². The zero-order valence-electron chi connectivity index (χ0n) is 12.0. The predicted molar refractivity (Wildman–Crippen MR) is 70.8 cm³/mol. The zero-order chi connectivity index (χ0) is 14.1. The van der Waals surface area contributed by atoms with Crippen LogP contribution < -0.4 is 11.1 Å². The van der Waals surface area contributed by atoms with E-state index in [0.717, 1.165) is 0 Å². The van der Waals surface area contributed by atoms with Crippen LogP contribution in [-0.2, 0) is 9.59 Å². The summed E-state index contributed by atoms with van der Waals surface area (Å²) in [7, 11) is 0. The fourth-order valence-electron chi connectivity index (χ4n) is 1.94. The number of nitrogens with zero attached hydrogens (tertiary/aromatic N) is 1. The third-order valence-electron chi connectivity index (χ3n) is 3.66. The highest BCUT2D eigenvalue weighted by molar-refractivity contribution is 5.92. The Morgan fingerprint density at radius 1 is 1.50 bits per heavy atom. The Hall–Kier alpha value is -1.10. The number of piperazine rings is 1. The molecule has 0 bridgehead atoms. The lowest BCUT2D eigenvalue weighted by atomic mass is 9.84. The van der Waals surface area contributed by atoms with Crippen LogP contribution in [0.2, 0.25) is 0 Å². The van der Waals surface area contributed by atoms with Gasteiger partial charge in [-0.25, -0.2) is 0 Å². The number of carbonyl (C=O) groups is 2. The van der Waals surface area contributed by atoms with E-state index in [1.807, 2.05) is 20.8 Å². The van der Waals surface area contributed by atoms with Gasteiger partial charge in [-0.05, 0) is 19.3 Å². The molecule has 1 heterocycles. The summed E-state index contributed by atoms with van der Waals surface area (Å²) in [5.41, 5.74) is 5.14. The lowest BCUT2D eigenvalue weighted by Gasteiger charge is -2.42. The molecule has 1 aliphatic rings. The molecular formula is C13H25N3O2. The molecule has 1 saturated heterocycles. The average molecular weight is 255 g/mol. The van der Waals surface area contributed by atoms with Gasteiger partial charge in [-0.2, -0.15) is 0 Å². The summed E-state index contributed by atoms with van der Waals surface area (Å²) in [6.45, 7) is 10.6. The summed E-state index contributed by atoms with van der Waals surface area (Å²) in [6.07, 6.45) is 0.278. The van der Waals surface area contributed by atoms with E-state index in [4.69, 9.17) is 5.73 Å². The quantitative estimate of drug-likeness (QED) is 0.754. The Balaban J connectivity index is 2.75. The minimum absolute atomic E-state index is 0.0442. The largest absolute Gasteiger partial charge is 0.352 e. The van der Waals surface area contributed by atoms with Crippen molar-refractivity contribution in [3.8, 4) is 0 Å².